The summed E-state index contributed by atoms with van der Waals surface area (Å²) in [5.74, 6) is 1.32. The molecule has 0 bridgehead atoms. The van der Waals surface area contributed by atoms with Gasteiger partial charge < -0.3 is 4.74 Å². The summed E-state index contributed by atoms with van der Waals surface area (Å²) in [6.45, 7) is 0.477. The molecule has 1 heterocycles. The summed E-state index contributed by atoms with van der Waals surface area (Å²) < 4.78 is 10.4. The van der Waals surface area contributed by atoms with E-state index in [4.69, 9.17) is 9.72 Å². The SMILES string of the molecule is O=c1c2ccccc2nc(-c2ccccc2)n1N=Cc1cc(I)c(OCc2ccc(Br)cc2)c(I)c1. The lowest BCUT2D eigenvalue weighted by molar-refractivity contribution is 0.301. The molecule has 5 rings (SSSR count). The van der Waals surface area contributed by atoms with Crippen molar-refractivity contribution in [3.05, 3.63) is 124 Å². The van der Waals surface area contributed by atoms with Gasteiger partial charge >= 0.3 is 0 Å². The van der Waals surface area contributed by atoms with Crippen molar-refractivity contribution in [2.45, 2.75) is 6.61 Å². The molecule has 0 radical (unpaired) electrons. The molecule has 0 saturated carbocycles. The maximum absolute atomic E-state index is 13.4. The van der Waals surface area contributed by atoms with Crippen LogP contribution in [0.1, 0.15) is 11.1 Å². The lowest BCUT2D eigenvalue weighted by atomic mass is 10.2. The van der Waals surface area contributed by atoms with Gasteiger partial charge in [-0.15, -0.1) is 0 Å². The molecule has 0 aliphatic heterocycles. The number of halogens is 3. The Morgan fingerprint density at radius 2 is 1.58 bits per heavy atom. The molecule has 5 aromatic rings. The molecule has 0 fully saturated rings. The van der Waals surface area contributed by atoms with Gasteiger partial charge in [0.05, 0.1) is 24.3 Å². The van der Waals surface area contributed by atoms with E-state index in [1.165, 1.54) is 4.68 Å². The van der Waals surface area contributed by atoms with Gasteiger partial charge in [0.2, 0.25) is 0 Å². The zero-order valence-electron chi connectivity index (χ0n) is 18.7. The quantitative estimate of drug-likeness (QED) is 0.133. The predicted octanol–water partition coefficient (Wildman–Crippen LogP) is 7.50. The first-order valence-corrected chi connectivity index (χ1v) is 13.9. The lowest BCUT2D eigenvalue weighted by Crippen LogP contribution is -2.20. The summed E-state index contributed by atoms with van der Waals surface area (Å²) in [6.07, 6.45) is 1.69. The van der Waals surface area contributed by atoms with Crippen molar-refractivity contribution in [2.24, 2.45) is 5.10 Å². The molecule has 36 heavy (non-hydrogen) atoms. The van der Waals surface area contributed by atoms with Gasteiger partial charge in [0.1, 0.15) is 12.4 Å². The molecule has 0 spiro atoms. The Balaban J connectivity index is 1.49. The summed E-state index contributed by atoms with van der Waals surface area (Å²) in [6, 6.07) is 29.0. The van der Waals surface area contributed by atoms with Gasteiger partial charge in [-0.25, -0.2) is 4.98 Å². The average molecular weight is 762 g/mol. The number of hydrogen-bond acceptors (Lipinski definition) is 4. The topological polar surface area (TPSA) is 56.5 Å². The van der Waals surface area contributed by atoms with E-state index in [0.717, 1.165) is 34.1 Å². The summed E-state index contributed by atoms with van der Waals surface area (Å²) in [5, 5.41) is 5.10. The Morgan fingerprint density at radius 1 is 0.917 bits per heavy atom. The molecular weight excluding hydrogens is 744 g/mol. The summed E-state index contributed by atoms with van der Waals surface area (Å²) in [7, 11) is 0. The molecule has 0 atom stereocenters. The molecule has 0 aliphatic carbocycles. The van der Waals surface area contributed by atoms with Crippen LogP contribution in [0.5, 0.6) is 5.75 Å². The van der Waals surface area contributed by atoms with E-state index in [9.17, 15) is 4.79 Å². The van der Waals surface area contributed by atoms with Gasteiger partial charge in [0.25, 0.3) is 5.56 Å². The minimum absolute atomic E-state index is 0.213. The van der Waals surface area contributed by atoms with Gasteiger partial charge in [-0.1, -0.05) is 70.5 Å². The number of hydrogen-bond donors (Lipinski definition) is 0. The molecule has 4 aromatic carbocycles. The van der Waals surface area contributed by atoms with Crippen molar-refractivity contribution in [3.63, 3.8) is 0 Å². The maximum Gasteiger partial charge on any atom is 0.282 e. The highest BCUT2D eigenvalue weighted by Crippen LogP contribution is 2.29. The van der Waals surface area contributed by atoms with E-state index in [1.807, 2.05) is 84.9 Å². The standard InChI is InChI=1S/C28H18BrI2N3O2/c29-21-12-10-18(11-13-21)17-36-26-23(30)14-19(15-24(26)31)16-32-34-27(20-6-2-1-3-7-20)33-25-9-5-4-8-22(25)28(34)35/h1-16H,17H2. The van der Waals surface area contributed by atoms with Crippen LogP contribution in [-0.4, -0.2) is 15.9 Å². The number of benzene rings is 4. The predicted molar refractivity (Wildman–Crippen MR) is 165 cm³/mol. The second-order valence-electron chi connectivity index (χ2n) is 7.91. The second-order valence-corrected chi connectivity index (χ2v) is 11.1. The van der Waals surface area contributed by atoms with Crippen molar-refractivity contribution in [1.82, 2.24) is 9.66 Å². The average Bonchev–Trinajstić information content (AvgIpc) is 2.89. The van der Waals surface area contributed by atoms with Crippen LogP contribution in [0.15, 0.2) is 105 Å². The van der Waals surface area contributed by atoms with Gasteiger partial charge in [-0.05, 0) is 92.7 Å². The number of para-hydroxylation sites is 1. The number of aromatic nitrogens is 2. The maximum atomic E-state index is 13.4. The summed E-state index contributed by atoms with van der Waals surface area (Å²) in [5.41, 5.74) is 3.20. The van der Waals surface area contributed by atoms with E-state index in [2.05, 4.69) is 66.2 Å². The monoisotopic (exact) mass is 761 g/mol. The van der Waals surface area contributed by atoms with Crippen LogP contribution in [0.25, 0.3) is 22.3 Å². The first-order valence-electron chi connectivity index (χ1n) is 11.0. The van der Waals surface area contributed by atoms with E-state index in [0.29, 0.717) is 23.3 Å². The van der Waals surface area contributed by atoms with Crippen LogP contribution < -0.4 is 10.3 Å². The summed E-state index contributed by atoms with van der Waals surface area (Å²) in [4.78, 5) is 18.1. The molecular formula is C28H18BrI2N3O2. The van der Waals surface area contributed by atoms with Crippen molar-refractivity contribution in [1.29, 1.82) is 0 Å². The van der Waals surface area contributed by atoms with Crippen molar-refractivity contribution in [2.75, 3.05) is 0 Å². The molecule has 8 heteroatoms. The molecule has 178 valence electrons. The van der Waals surface area contributed by atoms with Gasteiger partial charge in [0, 0.05) is 10.0 Å². The van der Waals surface area contributed by atoms with Crippen LogP contribution in [0, 0.1) is 7.14 Å². The van der Waals surface area contributed by atoms with Crippen LogP contribution in [-0.2, 0) is 6.61 Å². The number of fused-ring (bicyclic) bond motifs is 1. The first-order chi connectivity index (χ1) is 17.5. The summed E-state index contributed by atoms with van der Waals surface area (Å²) >= 11 is 7.99. The van der Waals surface area contributed by atoms with E-state index < -0.39 is 0 Å². The lowest BCUT2D eigenvalue weighted by Gasteiger charge is -2.12. The van der Waals surface area contributed by atoms with Gasteiger partial charge in [-0.3, -0.25) is 4.79 Å². The van der Waals surface area contributed by atoms with E-state index >= 15 is 0 Å². The molecule has 0 N–H and O–H groups in total. The van der Waals surface area contributed by atoms with Crippen molar-refractivity contribution in [3.8, 4) is 17.1 Å². The third-order valence-electron chi connectivity index (χ3n) is 5.43. The third-order valence-corrected chi connectivity index (χ3v) is 7.56. The molecule has 5 nitrogen and oxygen atoms in total. The second kappa shape index (κ2) is 11.2. The Morgan fingerprint density at radius 3 is 2.31 bits per heavy atom. The van der Waals surface area contributed by atoms with Gasteiger partial charge in [0.15, 0.2) is 5.82 Å². The minimum atomic E-state index is -0.213. The highest BCUT2D eigenvalue weighted by molar-refractivity contribution is 14.1. The number of rotatable bonds is 6. The molecule has 0 aliphatic rings. The molecule has 0 saturated heterocycles. The third kappa shape index (κ3) is 5.55. The van der Waals surface area contributed by atoms with Crippen LogP contribution in [0.2, 0.25) is 0 Å². The molecule has 0 amide bonds. The zero-order valence-corrected chi connectivity index (χ0v) is 24.6. The normalized spacial score (nSPS) is 11.3. The highest BCUT2D eigenvalue weighted by atomic mass is 127. The first kappa shape index (κ1) is 25.1. The highest BCUT2D eigenvalue weighted by Gasteiger charge is 2.13. The van der Waals surface area contributed by atoms with Crippen LogP contribution in [0.3, 0.4) is 0 Å². The molecule has 1 aromatic heterocycles. The Kier molecular flexibility index (Phi) is 7.82. The molecule has 0 unspecified atom stereocenters. The Hall–Kier alpha value is -2.57. The van der Waals surface area contributed by atoms with Crippen LogP contribution in [0.4, 0.5) is 0 Å². The minimum Gasteiger partial charge on any atom is -0.487 e. The fourth-order valence-corrected chi connectivity index (χ4v) is 6.05. The number of ether oxygens (including phenoxy) is 1. The van der Waals surface area contributed by atoms with E-state index in [1.54, 1.807) is 12.3 Å². The van der Waals surface area contributed by atoms with Crippen molar-refractivity contribution < 1.29 is 4.74 Å². The Bertz CT molecular complexity index is 1610. The van der Waals surface area contributed by atoms with Crippen LogP contribution >= 0.6 is 61.1 Å². The largest absolute Gasteiger partial charge is 0.487 e. The van der Waals surface area contributed by atoms with E-state index in [-0.39, 0.29) is 5.56 Å². The zero-order chi connectivity index (χ0) is 25.1. The fraction of sp³-hybridized carbons (Fsp3) is 0.0357. The smallest absolute Gasteiger partial charge is 0.282 e. The number of nitrogens with zero attached hydrogens (tertiary/aromatic N) is 3. The Labute approximate surface area is 243 Å². The van der Waals surface area contributed by atoms with Crippen molar-refractivity contribution >= 4 is 78.2 Å². The fourth-order valence-electron chi connectivity index (χ4n) is 3.66. The van der Waals surface area contributed by atoms with Gasteiger partial charge in [-0.2, -0.15) is 9.78 Å².